The van der Waals surface area contributed by atoms with E-state index in [4.69, 9.17) is 15.1 Å². The molecule has 0 radical (unpaired) electrons. The van der Waals surface area contributed by atoms with Crippen LogP contribution in [0.15, 0.2) is 71.1 Å². The first-order valence-electron chi connectivity index (χ1n) is 12.8. The van der Waals surface area contributed by atoms with E-state index in [9.17, 15) is 4.79 Å². The number of H-pyrrole nitrogens is 2. The smallest absolute Gasteiger partial charge is 0.260 e. The van der Waals surface area contributed by atoms with Crippen LogP contribution >= 0.6 is 11.3 Å². The predicted molar refractivity (Wildman–Crippen MR) is 151 cm³/mol. The SMILES string of the molecule is N=C1c2c(nc(-c3ccc(CN4CCOCC4)cc3)[nH]c2=O)C(c2nccs2)=CC1c1cccc2[nH]ncc12. The summed E-state index contributed by atoms with van der Waals surface area (Å²) >= 11 is 1.49. The fourth-order valence-electron chi connectivity index (χ4n) is 5.36. The van der Waals surface area contributed by atoms with Gasteiger partial charge in [0, 0.05) is 53.7 Å². The van der Waals surface area contributed by atoms with Gasteiger partial charge in [-0.15, -0.1) is 11.3 Å². The molecule has 0 saturated carbocycles. The van der Waals surface area contributed by atoms with E-state index in [0.717, 1.165) is 65.5 Å². The summed E-state index contributed by atoms with van der Waals surface area (Å²) in [5.74, 6) is 0.0354. The van der Waals surface area contributed by atoms with Gasteiger partial charge in [-0.1, -0.05) is 42.5 Å². The van der Waals surface area contributed by atoms with Crippen molar-refractivity contribution in [1.82, 2.24) is 30.0 Å². The van der Waals surface area contributed by atoms with Crippen LogP contribution in [-0.2, 0) is 11.3 Å². The van der Waals surface area contributed by atoms with Crippen LogP contribution in [0.3, 0.4) is 0 Å². The maximum Gasteiger partial charge on any atom is 0.260 e. The van der Waals surface area contributed by atoms with Gasteiger partial charge in [0.25, 0.3) is 5.56 Å². The molecular formula is C29H25N7O2S. The lowest BCUT2D eigenvalue weighted by atomic mass is 9.81. The average Bonchev–Trinajstić information content (AvgIpc) is 3.67. The van der Waals surface area contributed by atoms with E-state index in [1.54, 1.807) is 12.4 Å². The van der Waals surface area contributed by atoms with Crippen molar-refractivity contribution in [3.8, 4) is 11.4 Å². The van der Waals surface area contributed by atoms with Gasteiger partial charge in [0.05, 0.1) is 41.9 Å². The van der Waals surface area contributed by atoms with Gasteiger partial charge in [0.15, 0.2) is 0 Å². The zero-order chi connectivity index (χ0) is 26.3. The van der Waals surface area contributed by atoms with Gasteiger partial charge >= 0.3 is 0 Å². The minimum Gasteiger partial charge on any atom is -0.379 e. The zero-order valence-electron chi connectivity index (χ0n) is 21.0. The van der Waals surface area contributed by atoms with Gasteiger partial charge in [-0.05, 0) is 17.2 Å². The number of aromatic amines is 2. The standard InChI is InChI=1S/C29H25N7O2S/c30-25-20(19-2-1-3-23-22(19)15-32-35-23)14-21(29-31-8-13-39-29)26-24(25)28(37)34-27(33-26)18-6-4-17(5-7-18)16-36-9-11-38-12-10-36/h1-8,13-15,20,30H,9-12,16H2,(H,32,35)(H,33,34,37). The van der Waals surface area contributed by atoms with Crippen LogP contribution in [0.4, 0.5) is 0 Å². The number of nitrogens with zero attached hydrogens (tertiary/aromatic N) is 4. The molecule has 1 atom stereocenters. The van der Waals surface area contributed by atoms with Gasteiger partial charge in [0.2, 0.25) is 0 Å². The normalized spacial score (nSPS) is 17.8. The molecule has 2 aromatic carbocycles. The van der Waals surface area contributed by atoms with Crippen LogP contribution in [0.5, 0.6) is 0 Å². The summed E-state index contributed by atoms with van der Waals surface area (Å²) in [4.78, 5) is 28.4. The molecule has 0 amide bonds. The second kappa shape index (κ2) is 9.81. The molecule has 10 heteroatoms. The number of nitrogens with one attached hydrogen (secondary N) is 3. The van der Waals surface area contributed by atoms with Crippen molar-refractivity contribution >= 4 is 33.5 Å². The molecule has 0 spiro atoms. The number of ether oxygens (including phenoxy) is 1. The fraction of sp³-hybridized carbons (Fsp3) is 0.207. The van der Waals surface area contributed by atoms with Crippen molar-refractivity contribution in [1.29, 1.82) is 5.41 Å². The summed E-state index contributed by atoms with van der Waals surface area (Å²) < 4.78 is 5.45. The van der Waals surface area contributed by atoms with Crippen molar-refractivity contribution in [3.05, 3.63) is 104 Å². The molecule has 1 fully saturated rings. The highest BCUT2D eigenvalue weighted by Crippen LogP contribution is 2.38. The third kappa shape index (κ3) is 4.32. The lowest BCUT2D eigenvalue weighted by molar-refractivity contribution is 0.0342. The third-order valence-corrected chi connectivity index (χ3v) is 8.15. The maximum absolute atomic E-state index is 13.6. The Balaban J connectivity index is 1.30. The summed E-state index contributed by atoms with van der Waals surface area (Å²) in [6.07, 6.45) is 5.51. The number of benzene rings is 2. The van der Waals surface area contributed by atoms with Gasteiger partial charge in [-0.2, -0.15) is 5.10 Å². The molecule has 0 bridgehead atoms. The number of hydrogen-bond acceptors (Lipinski definition) is 8. The Hall–Kier alpha value is -4.25. The highest BCUT2D eigenvalue weighted by molar-refractivity contribution is 7.10. The molecule has 194 valence electrons. The molecule has 1 unspecified atom stereocenters. The molecule has 4 heterocycles. The monoisotopic (exact) mass is 535 g/mol. The van der Waals surface area contributed by atoms with E-state index in [1.165, 1.54) is 16.9 Å². The molecule has 7 rings (SSSR count). The lowest BCUT2D eigenvalue weighted by Gasteiger charge is -2.26. The topological polar surface area (TPSA) is 124 Å². The average molecular weight is 536 g/mol. The molecular weight excluding hydrogens is 510 g/mol. The zero-order valence-corrected chi connectivity index (χ0v) is 21.8. The minimum absolute atomic E-state index is 0.208. The number of allylic oxidation sites excluding steroid dienone is 1. The van der Waals surface area contributed by atoms with E-state index in [0.29, 0.717) is 11.5 Å². The summed E-state index contributed by atoms with van der Waals surface area (Å²) in [6, 6.07) is 14.0. The Bertz CT molecular complexity index is 1760. The number of fused-ring (bicyclic) bond motifs is 2. The second-order valence-corrected chi connectivity index (χ2v) is 10.6. The largest absolute Gasteiger partial charge is 0.379 e. The first kappa shape index (κ1) is 23.8. The molecule has 1 aliphatic carbocycles. The Labute approximate surface area is 227 Å². The second-order valence-electron chi connectivity index (χ2n) is 9.71. The Morgan fingerprint density at radius 2 is 1.97 bits per heavy atom. The summed E-state index contributed by atoms with van der Waals surface area (Å²) in [5, 5.41) is 19.9. The van der Waals surface area contributed by atoms with E-state index in [2.05, 4.69) is 37.2 Å². The van der Waals surface area contributed by atoms with Crippen LogP contribution in [-0.4, -0.2) is 62.1 Å². The summed E-state index contributed by atoms with van der Waals surface area (Å²) in [6.45, 7) is 4.24. The number of aromatic nitrogens is 5. The molecule has 5 aromatic rings. The third-order valence-electron chi connectivity index (χ3n) is 7.34. The molecule has 1 aliphatic heterocycles. The minimum atomic E-state index is -0.439. The van der Waals surface area contributed by atoms with Crippen LogP contribution in [0.25, 0.3) is 27.9 Å². The molecule has 2 aliphatic rings. The van der Waals surface area contributed by atoms with Crippen LogP contribution in [0, 0.1) is 5.41 Å². The first-order chi connectivity index (χ1) is 19.2. The molecule has 3 aromatic heterocycles. The quantitative estimate of drug-likeness (QED) is 0.310. The van der Waals surface area contributed by atoms with Crippen molar-refractivity contribution in [2.24, 2.45) is 0 Å². The van der Waals surface area contributed by atoms with Crippen molar-refractivity contribution in [2.75, 3.05) is 26.3 Å². The Morgan fingerprint density at radius 3 is 2.77 bits per heavy atom. The van der Waals surface area contributed by atoms with E-state index < -0.39 is 5.92 Å². The fourth-order valence-corrected chi connectivity index (χ4v) is 6.03. The molecule has 9 nitrogen and oxygen atoms in total. The van der Waals surface area contributed by atoms with Crippen LogP contribution < -0.4 is 5.56 Å². The highest BCUT2D eigenvalue weighted by atomic mass is 32.1. The van der Waals surface area contributed by atoms with Crippen LogP contribution in [0.2, 0.25) is 0 Å². The number of thiazole rings is 1. The number of hydrogen-bond donors (Lipinski definition) is 3. The van der Waals surface area contributed by atoms with Crippen LogP contribution in [0.1, 0.15) is 33.3 Å². The molecule has 39 heavy (non-hydrogen) atoms. The number of morpholine rings is 1. The van der Waals surface area contributed by atoms with Gasteiger partial charge < -0.3 is 15.1 Å². The first-order valence-corrected chi connectivity index (χ1v) is 13.7. The Morgan fingerprint density at radius 1 is 1.13 bits per heavy atom. The van der Waals surface area contributed by atoms with Gasteiger partial charge in [-0.25, -0.2) is 9.97 Å². The number of rotatable bonds is 5. The summed E-state index contributed by atoms with van der Waals surface area (Å²) in [5.41, 5.74) is 5.21. The van der Waals surface area contributed by atoms with Gasteiger partial charge in [-0.3, -0.25) is 14.8 Å². The van der Waals surface area contributed by atoms with Crippen molar-refractivity contribution in [3.63, 3.8) is 0 Å². The highest BCUT2D eigenvalue weighted by Gasteiger charge is 2.32. The Kier molecular flexibility index (Phi) is 5.99. The maximum atomic E-state index is 13.6. The van der Waals surface area contributed by atoms with Gasteiger partial charge in [0.1, 0.15) is 10.8 Å². The lowest BCUT2D eigenvalue weighted by Crippen LogP contribution is -2.35. The van der Waals surface area contributed by atoms with E-state index in [1.807, 2.05) is 41.8 Å². The van der Waals surface area contributed by atoms with E-state index in [-0.39, 0.29) is 16.8 Å². The summed E-state index contributed by atoms with van der Waals surface area (Å²) in [7, 11) is 0. The molecule has 1 saturated heterocycles. The molecule has 3 N–H and O–H groups in total. The predicted octanol–water partition coefficient (Wildman–Crippen LogP) is 4.20. The van der Waals surface area contributed by atoms with Crippen molar-refractivity contribution in [2.45, 2.75) is 12.5 Å². The van der Waals surface area contributed by atoms with Crippen molar-refractivity contribution < 1.29 is 4.74 Å². The van der Waals surface area contributed by atoms with E-state index >= 15 is 0 Å².